The van der Waals surface area contributed by atoms with Crippen LogP contribution in [0.15, 0.2) is 83.1 Å². The lowest BCUT2D eigenvalue weighted by atomic mass is 10.2. The molecule has 0 aliphatic heterocycles. The number of nitrogens with one attached hydrogen (secondary N) is 2. The molecule has 6 nitrogen and oxygen atoms in total. The lowest BCUT2D eigenvalue weighted by Crippen LogP contribution is -2.42. The number of carbonyl (C=O) groups excluding carboxylic acids is 2. The zero-order chi connectivity index (χ0) is 20.7. The van der Waals surface area contributed by atoms with Crippen LogP contribution in [-0.2, 0) is 26.0 Å². The number of thiophene rings is 1. The summed E-state index contributed by atoms with van der Waals surface area (Å²) in [5, 5.41) is 5.79. The second-order valence-electron chi connectivity index (χ2n) is 6.24. The molecular weight excluding hydrogens is 408 g/mol. The normalized spacial score (nSPS) is 12.1. The van der Waals surface area contributed by atoms with Crippen LogP contribution >= 0.6 is 11.3 Å². The number of amides is 2. The van der Waals surface area contributed by atoms with Gasteiger partial charge in [-0.15, -0.1) is 11.3 Å². The van der Waals surface area contributed by atoms with Gasteiger partial charge in [0.1, 0.15) is 5.25 Å². The first-order chi connectivity index (χ1) is 14.0. The molecule has 29 heavy (non-hydrogen) atoms. The number of carbonyl (C=O) groups is 2. The fourth-order valence-electron chi connectivity index (χ4n) is 2.74. The molecule has 0 bridgehead atoms. The van der Waals surface area contributed by atoms with Crippen molar-refractivity contribution < 1.29 is 18.0 Å². The second-order valence-corrected chi connectivity index (χ2v) is 9.35. The van der Waals surface area contributed by atoms with Gasteiger partial charge in [0.15, 0.2) is 9.84 Å². The zero-order valence-electron chi connectivity index (χ0n) is 15.4. The molecule has 0 fully saturated rings. The summed E-state index contributed by atoms with van der Waals surface area (Å²) < 4.78 is 26.2. The van der Waals surface area contributed by atoms with Crippen LogP contribution in [0.5, 0.6) is 0 Å². The van der Waals surface area contributed by atoms with Crippen molar-refractivity contribution in [1.29, 1.82) is 0 Å². The number of hydrogen-bond donors (Lipinski definition) is 2. The summed E-state index contributed by atoms with van der Waals surface area (Å²) in [5.41, 5.74) is 0.858. The molecule has 2 amide bonds. The molecule has 8 heteroatoms. The zero-order valence-corrected chi connectivity index (χ0v) is 17.1. The lowest BCUT2D eigenvalue weighted by Gasteiger charge is -2.17. The highest BCUT2D eigenvalue weighted by atomic mass is 32.2. The van der Waals surface area contributed by atoms with E-state index in [9.17, 15) is 18.0 Å². The van der Waals surface area contributed by atoms with E-state index in [-0.39, 0.29) is 18.0 Å². The molecule has 1 heterocycles. The maximum Gasteiger partial charge on any atom is 0.309 e. The summed E-state index contributed by atoms with van der Waals surface area (Å²) in [4.78, 5) is 25.0. The third kappa shape index (κ3) is 5.30. The van der Waals surface area contributed by atoms with Crippen molar-refractivity contribution in [3.8, 4) is 0 Å². The Bertz CT molecular complexity index is 1050. The van der Waals surface area contributed by atoms with Crippen molar-refractivity contribution >= 4 is 33.0 Å². The molecule has 3 aromatic rings. The van der Waals surface area contributed by atoms with Crippen molar-refractivity contribution in [2.45, 2.75) is 16.7 Å². The van der Waals surface area contributed by atoms with E-state index in [0.717, 1.165) is 5.56 Å². The summed E-state index contributed by atoms with van der Waals surface area (Å²) in [7, 11) is -3.74. The predicted molar refractivity (Wildman–Crippen MR) is 112 cm³/mol. The standard InChI is InChI=1S/C21H20N2O4S2/c24-20(22-14-16-8-3-1-4-9-16)21(25)23-15-19(18-12-7-13-28-18)29(26,27)17-10-5-2-6-11-17/h1-13,19H,14-15H2,(H,22,24)(H,23,25)/t19-/m0/s1. The molecule has 2 N–H and O–H groups in total. The Balaban J connectivity index is 1.67. The topological polar surface area (TPSA) is 92.3 Å². The van der Waals surface area contributed by atoms with Crippen LogP contribution < -0.4 is 10.6 Å². The molecule has 0 saturated carbocycles. The van der Waals surface area contributed by atoms with E-state index in [0.29, 0.717) is 4.88 Å². The first kappa shape index (κ1) is 20.8. The van der Waals surface area contributed by atoms with Gasteiger partial charge in [0.05, 0.1) is 4.90 Å². The van der Waals surface area contributed by atoms with E-state index in [1.807, 2.05) is 30.3 Å². The number of rotatable bonds is 7. The average Bonchev–Trinajstić information content (AvgIpc) is 3.27. The Labute approximate surface area is 173 Å². The monoisotopic (exact) mass is 428 g/mol. The van der Waals surface area contributed by atoms with Gasteiger partial charge in [0, 0.05) is 18.0 Å². The molecule has 0 saturated heterocycles. The van der Waals surface area contributed by atoms with E-state index >= 15 is 0 Å². The highest BCUT2D eigenvalue weighted by Crippen LogP contribution is 2.31. The fraction of sp³-hybridized carbons (Fsp3) is 0.143. The second kappa shape index (κ2) is 9.49. The van der Waals surface area contributed by atoms with Crippen LogP contribution in [0.25, 0.3) is 0 Å². The summed E-state index contributed by atoms with van der Waals surface area (Å²) >= 11 is 1.29. The van der Waals surface area contributed by atoms with Crippen molar-refractivity contribution in [1.82, 2.24) is 10.6 Å². The Hall–Kier alpha value is -2.97. The van der Waals surface area contributed by atoms with Crippen LogP contribution in [0.2, 0.25) is 0 Å². The molecule has 3 rings (SSSR count). The van der Waals surface area contributed by atoms with E-state index in [1.165, 1.54) is 23.5 Å². The van der Waals surface area contributed by atoms with Gasteiger partial charge in [-0.3, -0.25) is 9.59 Å². The van der Waals surface area contributed by atoms with Gasteiger partial charge in [-0.05, 0) is 29.1 Å². The van der Waals surface area contributed by atoms with Crippen LogP contribution in [0.4, 0.5) is 0 Å². The highest BCUT2D eigenvalue weighted by Gasteiger charge is 2.31. The highest BCUT2D eigenvalue weighted by molar-refractivity contribution is 7.91. The summed E-state index contributed by atoms with van der Waals surface area (Å²) in [6.07, 6.45) is 0. The lowest BCUT2D eigenvalue weighted by molar-refractivity contribution is -0.139. The van der Waals surface area contributed by atoms with Crippen LogP contribution in [0.1, 0.15) is 15.7 Å². The molecule has 0 spiro atoms. The van der Waals surface area contributed by atoms with E-state index in [4.69, 9.17) is 0 Å². The molecule has 1 atom stereocenters. The first-order valence-electron chi connectivity index (χ1n) is 8.91. The van der Waals surface area contributed by atoms with Crippen LogP contribution in [0.3, 0.4) is 0 Å². The fourth-order valence-corrected chi connectivity index (χ4v) is 5.54. The number of sulfone groups is 1. The quantitative estimate of drug-likeness (QED) is 0.566. The smallest absolute Gasteiger partial charge is 0.309 e. The van der Waals surface area contributed by atoms with Crippen molar-refractivity contribution in [2.75, 3.05) is 6.54 Å². The Morgan fingerprint density at radius 3 is 2.07 bits per heavy atom. The maximum absolute atomic E-state index is 13.1. The van der Waals surface area contributed by atoms with Gasteiger partial charge in [-0.25, -0.2) is 8.42 Å². The number of benzene rings is 2. The largest absolute Gasteiger partial charge is 0.346 e. The molecule has 1 aromatic heterocycles. The summed E-state index contributed by atoms with van der Waals surface area (Å²) in [6, 6.07) is 20.7. The van der Waals surface area contributed by atoms with Crippen molar-refractivity contribution in [3.63, 3.8) is 0 Å². The Morgan fingerprint density at radius 2 is 1.45 bits per heavy atom. The maximum atomic E-state index is 13.1. The van der Waals surface area contributed by atoms with Gasteiger partial charge >= 0.3 is 11.8 Å². The van der Waals surface area contributed by atoms with E-state index in [2.05, 4.69) is 10.6 Å². The minimum atomic E-state index is -3.74. The average molecular weight is 429 g/mol. The van der Waals surface area contributed by atoms with E-state index in [1.54, 1.807) is 35.7 Å². The minimum absolute atomic E-state index is 0.168. The van der Waals surface area contributed by atoms with Crippen LogP contribution in [-0.4, -0.2) is 26.8 Å². The summed E-state index contributed by atoms with van der Waals surface area (Å²) in [6.45, 7) is 0.0130. The number of hydrogen-bond acceptors (Lipinski definition) is 5. The van der Waals surface area contributed by atoms with Crippen molar-refractivity contribution in [2.24, 2.45) is 0 Å². The van der Waals surface area contributed by atoms with Gasteiger partial charge < -0.3 is 10.6 Å². The van der Waals surface area contributed by atoms with Crippen molar-refractivity contribution in [3.05, 3.63) is 88.6 Å². The van der Waals surface area contributed by atoms with Gasteiger partial charge in [-0.1, -0.05) is 54.6 Å². The molecule has 0 aliphatic rings. The van der Waals surface area contributed by atoms with Crippen LogP contribution in [0, 0.1) is 0 Å². The van der Waals surface area contributed by atoms with Gasteiger partial charge in [0.2, 0.25) is 0 Å². The molecule has 0 unspecified atom stereocenters. The molecule has 2 aromatic carbocycles. The minimum Gasteiger partial charge on any atom is -0.346 e. The van der Waals surface area contributed by atoms with Gasteiger partial charge in [-0.2, -0.15) is 0 Å². The third-order valence-corrected chi connectivity index (χ3v) is 7.49. The molecule has 0 aliphatic carbocycles. The first-order valence-corrected chi connectivity index (χ1v) is 11.3. The molecule has 0 radical (unpaired) electrons. The van der Waals surface area contributed by atoms with Gasteiger partial charge in [0.25, 0.3) is 0 Å². The molecular formula is C21H20N2O4S2. The Morgan fingerprint density at radius 1 is 0.828 bits per heavy atom. The summed E-state index contributed by atoms with van der Waals surface area (Å²) in [5.74, 6) is -1.68. The SMILES string of the molecule is O=C(NCc1ccccc1)C(=O)NC[C@@H](c1cccs1)S(=O)(=O)c1ccccc1. The third-order valence-electron chi connectivity index (χ3n) is 4.26. The Kier molecular flexibility index (Phi) is 6.79. The molecule has 150 valence electrons. The predicted octanol–water partition coefficient (Wildman–Crippen LogP) is 2.70. The van der Waals surface area contributed by atoms with E-state index < -0.39 is 26.9 Å².